The summed E-state index contributed by atoms with van der Waals surface area (Å²) in [4.78, 5) is 12.7. The van der Waals surface area contributed by atoms with Crippen LogP contribution in [0, 0.1) is 12.7 Å². The van der Waals surface area contributed by atoms with Gasteiger partial charge in [-0.1, -0.05) is 30.3 Å². The van der Waals surface area contributed by atoms with Crippen molar-refractivity contribution in [3.05, 3.63) is 108 Å². The standard InChI is InChI=1S/C24H21FN4O3S/c1-17-15-23(29(27-17)16-18-5-3-2-4-6-18)26-24(30)19-7-11-21(12-8-19)28-33(31,32)22-13-9-20(25)10-14-22/h2-15,28H,16H2,1H3,(H,26,30). The maximum Gasteiger partial charge on any atom is 0.261 e. The lowest BCUT2D eigenvalue weighted by Crippen LogP contribution is -2.16. The van der Waals surface area contributed by atoms with E-state index in [4.69, 9.17) is 0 Å². The highest BCUT2D eigenvalue weighted by atomic mass is 32.2. The molecule has 1 heterocycles. The first kappa shape index (κ1) is 22.2. The molecule has 4 rings (SSSR count). The van der Waals surface area contributed by atoms with E-state index in [0.29, 0.717) is 17.9 Å². The van der Waals surface area contributed by atoms with Crippen molar-refractivity contribution in [3.63, 3.8) is 0 Å². The maximum atomic E-state index is 13.1. The van der Waals surface area contributed by atoms with Crippen LogP contribution >= 0.6 is 0 Å². The number of nitrogens with zero attached hydrogens (tertiary/aromatic N) is 2. The van der Waals surface area contributed by atoms with E-state index in [1.165, 1.54) is 36.4 Å². The van der Waals surface area contributed by atoms with E-state index in [0.717, 1.165) is 23.4 Å². The van der Waals surface area contributed by atoms with Gasteiger partial charge in [0.15, 0.2) is 0 Å². The number of carbonyl (C=O) groups excluding carboxylic acids is 1. The number of benzene rings is 3. The summed E-state index contributed by atoms with van der Waals surface area (Å²) in [6.07, 6.45) is 0. The van der Waals surface area contributed by atoms with Crippen LogP contribution in [0.5, 0.6) is 0 Å². The molecule has 0 saturated heterocycles. The van der Waals surface area contributed by atoms with Gasteiger partial charge in [0.1, 0.15) is 11.6 Å². The Kier molecular flexibility index (Phi) is 6.23. The summed E-state index contributed by atoms with van der Waals surface area (Å²) < 4.78 is 42.1. The predicted octanol–water partition coefficient (Wildman–Crippen LogP) is 4.43. The molecular formula is C24H21FN4O3S. The zero-order valence-electron chi connectivity index (χ0n) is 17.7. The van der Waals surface area contributed by atoms with Gasteiger partial charge in [0.05, 0.1) is 17.1 Å². The van der Waals surface area contributed by atoms with Crippen molar-refractivity contribution < 1.29 is 17.6 Å². The number of halogens is 1. The zero-order chi connectivity index (χ0) is 23.4. The van der Waals surface area contributed by atoms with Gasteiger partial charge in [-0.25, -0.2) is 17.5 Å². The smallest absolute Gasteiger partial charge is 0.261 e. The number of aromatic nitrogens is 2. The number of hydrogen-bond donors (Lipinski definition) is 2. The van der Waals surface area contributed by atoms with Crippen LogP contribution in [0.1, 0.15) is 21.6 Å². The summed E-state index contributed by atoms with van der Waals surface area (Å²) in [5.74, 6) is -0.316. The average molecular weight is 465 g/mol. The second-order valence-electron chi connectivity index (χ2n) is 7.41. The maximum absolute atomic E-state index is 13.1. The Hall–Kier alpha value is -3.98. The van der Waals surface area contributed by atoms with E-state index in [1.807, 2.05) is 37.3 Å². The van der Waals surface area contributed by atoms with Gasteiger partial charge in [-0.2, -0.15) is 5.10 Å². The minimum Gasteiger partial charge on any atom is -0.307 e. The summed E-state index contributed by atoms with van der Waals surface area (Å²) in [6, 6.07) is 22.1. The van der Waals surface area contributed by atoms with Crippen LogP contribution in [0.3, 0.4) is 0 Å². The molecule has 1 aromatic heterocycles. The molecule has 4 aromatic rings. The number of rotatable bonds is 7. The van der Waals surface area contributed by atoms with Gasteiger partial charge < -0.3 is 5.32 Å². The highest BCUT2D eigenvalue weighted by molar-refractivity contribution is 7.92. The van der Waals surface area contributed by atoms with E-state index in [1.54, 1.807) is 10.7 Å². The number of carbonyl (C=O) groups is 1. The lowest BCUT2D eigenvalue weighted by molar-refractivity contribution is 0.102. The van der Waals surface area contributed by atoms with Crippen LogP contribution in [0.15, 0.2) is 89.8 Å². The molecule has 0 bridgehead atoms. The highest BCUT2D eigenvalue weighted by Crippen LogP contribution is 2.19. The van der Waals surface area contributed by atoms with Crippen LogP contribution in [-0.4, -0.2) is 24.1 Å². The van der Waals surface area contributed by atoms with Crippen molar-refractivity contribution in [2.45, 2.75) is 18.4 Å². The lowest BCUT2D eigenvalue weighted by atomic mass is 10.2. The fourth-order valence-corrected chi connectivity index (χ4v) is 4.29. The van der Waals surface area contributed by atoms with Gasteiger partial charge in [0.25, 0.3) is 15.9 Å². The van der Waals surface area contributed by atoms with Crippen molar-refractivity contribution >= 4 is 27.4 Å². The molecule has 9 heteroatoms. The first-order valence-electron chi connectivity index (χ1n) is 10.1. The Morgan fingerprint density at radius 3 is 2.30 bits per heavy atom. The fourth-order valence-electron chi connectivity index (χ4n) is 3.23. The first-order chi connectivity index (χ1) is 15.8. The molecule has 7 nitrogen and oxygen atoms in total. The Morgan fingerprint density at radius 2 is 1.64 bits per heavy atom. The fraction of sp³-hybridized carbons (Fsp3) is 0.0833. The van der Waals surface area contributed by atoms with E-state index in [-0.39, 0.29) is 16.5 Å². The molecule has 0 aliphatic heterocycles. The second kappa shape index (κ2) is 9.25. The Labute approximate surface area is 190 Å². The third-order valence-corrected chi connectivity index (χ3v) is 6.24. The molecule has 0 aliphatic rings. The van der Waals surface area contributed by atoms with E-state index in [9.17, 15) is 17.6 Å². The molecule has 0 fully saturated rings. The molecular weight excluding hydrogens is 443 g/mol. The molecule has 2 N–H and O–H groups in total. The molecule has 0 spiro atoms. The second-order valence-corrected chi connectivity index (χ2v) is 9.09. The molecule has 3 aromatic carbocycles. The number of hydrogen-bond acceptors (Lipinski definition) is 4. The number of sulfonamides is 1. The summed E-state index contributed by atoms with van der Waals surface area (Å²) in [7, 11) is -3.87. The van der Waals surface area contributed by atoms with Gasteiger partial charge in [-0.15, -0.1) is 0 Å². The number of aryl methyl sites for hydroxylation is 1. The lowest BCUT2D eigenvalue weighted by Gasteiger charge is -2.11. The molecule has 0 aliphatic carbocycles. The van der Waals surface area contributed by atoms with E-state index in [2.05, 4.69) is 15.1 Å². The summed E-state index contributed by atoms with van der Waals surface area (Å²) in [6.45, 7) is 2.35. The van der Waals surface area contributed by atoms with Gasteiger partial charge in [0.2, 0.25) is 0 Å². The largest absolute Gasteiger partial charge is 0.307 e. The van der Waals surface area contributed by atoms with Crippen LogP contribution in [0.25, 0.3) is 0 Å². The first-order valence-corrected chi connectivity index (χ1v) is 11.6. The molecule has 0 radical (unpaired) electrons. The number of anilines is 2. The van der Waals surface area contributed by atoms with E-state index >= 15 is 0 Å². The molecule has 0 atom stereocenters. The van der Waals surface area contributed by atoms with Crippen molar-refractivity contribution in [2.75, 3.05) is 10.0 Å². The quantitative estimate of drug-likeness (QED) is 0.423. The zero-order valence-corrected chi connectivity index (χ0v) is 18.5. The molecule has 0 saturated carbocycles. The third kappa shape index (κ3) is 5.45. The van der Waals surface area contributed by atoms with Crippen LogP contribution in [-0.2, 0) is 16.6 Å². The van der Waals surface area contributed by atoms with Gasteiger partial charge in [0, 0.05) is 17.3 Å². The highest BCUT2D eigenvalue weighted by Gasteiger charge is 2.15. The van der Waals surface area contributed by atoms with Gasteiger partial charge in [-0.05, 0) is 61.0 Å². The SMILES string of the molecule is Cc1cc(NC(=O)c2ccc(NS(=O)(=O)c3ccc(F)cc3)cc2)n(Cc2ccccc2)n1. The summed E-state index contributed by atoms with van der Waals surface area (Å²) in [5.41, 5.74) is 2.45. The molecule has 1 amide bonds. The molecule has 0 unspecified atom stereocenters. The summed E-state index contributed by atoms with van der Waals surface area (Å²) in [5, 5.41) is 7.30. The van der Waals surface area contributed by atoms with Crippen molar-refractivity contribution in [1.29, 1.82) is 0 Å². The van der Waals surface area contributed by atoms with Crippen molar-refractivity contribution in [3.8, 4) is 0 Å². The number of amides is 1. The third-order valence-electron chi connectivity index (χ3n) is 4.84. The van der Waals surface area contributed by atoms with Gasteiger partial charge in [-0.3, -0.25) is 9.52 Å². The minimum atomic E-state index is -3.87. The van der Waals surface area contributed by atoms with Gasteiger partial charge >= 0.3 is 0 Å². The monoisotopic (exact) mass is 464 g/mol. The number of nitrogens with one attached hydrogen (secondary N) is 2. The minimum absolute atomic E-state index is 0.0623. The van der Waals surface area contributed by atoms with Crippen LogP contribution in [0.4, 0.5) is 15.9 Å². The molecule has 33 heavy (non-hydrogen) atoms. The predicted molar refractivity (Wildman–Crippen MR) is 124 cm³/mol. The van der Waals surface area contributed by atoms with Crippen LogP contribution < -0.4 is 10.0 Å². The van der Waals surface area contributed by atoms with Crippen molar-refractivity contribution in [1.82, 2.24) is 9.78 Å². The summed E-state index contributed by atoms with van der Waals surface area (Å²) >= 11 is 0. The normalized spacial score (nSPS) is 11.2. The van der Waals surface area contributed by atoms with E-state index < -0.39 is 15.8 Å². The van der Waals surface area contributed by atoms with Crippen molar-refractivity contribution in [2.24, 2.45) is 0 Å². The Bertz CT molecular complexity index is 1370. The average Bonchev–Trinajstić information content (AvgIpc) is 3.13. The molecule has 168 valence electrons. The Balaban J connectivity index is 1.45. The van der Waals surface area contributed by atoms with Crippen LogP contribution in [0.2, 0.25) is 0 Å². The Morgan fingerprint density at radius 1 is 0.970 bits per heavy atom. The topological polar surface area (TPSA) is 93.1 Å².